The van der Waals surface area contributed by atoms with Crippen molar-refractivity contribution in [1.82, 2.24) is 25.1 Å². The van der Waals surface area contributed by atoms with Crippen LogP contribution in [0.15, 0.2) is 0 Å². The second-order valence-electron chi connectivity index (χ2n) is 18.5. The number of hydrogen-bond donors (Lipinski definition) is 0. The van der Waals surface area contributed by atoms with Crippen molar-refractivity contribution in [3.05, 3.63) is 5.28 Å². The summed E-state index contributed by atoms with van der Waals surface area (Å²) in [4.78, 5) is 34.7. The first-order valence-corrected chi connectivity index (χ1v) is 21.0. The highest BCUT2D eigenvalue weighted by atomic mass is 35.5. The molecule has 2 saturated heterocycles. The van der Waals surface area contributed by atoms with E-state index in [2.05, 4.69) is 75.3 Å². The van der Waals surface area contributed by atoms with E-state index in [4.69, 9.17) is 36.2 Å². The van der Waals surface area contributed by atoms with Gasteiger partial charge in [0, 0.05) is 47.3 Å². The van der Waals surface area contributed by atoms with Gasteiger partial charge >= 0.3 is 0 Å². The van der Waals surface area contributed by atoms with Crippen LogP contribution < -0.4 is 9.80 Å². The molecule has 4 heterocycles. The van der Waals surface area contributed by atoms with Crippen LogP contribution in [0.2, 0.25) is 5.28 Å². The van der Waals surface area contributed by atoms with Crippen LogP contribution in [0.1, 0.15) is 177 Å². The second kappa shape index (κ2) is 15.6. The van der Waals surface area contributed by atoms with E-state index in [1.54, 1.807) is 0 Å². The summed E-state index contributed by atoms with van der Waals surface area (Å²) in [6.07, 6.45) is 22.0. The summed E-state index contributed by atoms with van der Waals surface area (Å²) in [7, 11) is 0. The van der Waals surface area contributed by atoms with Crippen molar-refractivity contribution in [2.45, 2.75) is 224 Å². The summed E-state index contributed by atoms with van der Waals surface area (Å²) in [5.74, 6) is 1.47. The van der Waals surface area contributed by atoms with Gasteiger partial charge in [-0.25, -0.2) is 0 Å². The average molecular weight is 716 g/mol. The van der Waals surface area contributed by atoms with Crippen LogP contribution in [0.5, 0.6) is 0 Å². The van der Waals surface area contributed by atoms with Crippen LogP contribution >= 0.6 is 11.6 Å². The van der Waals surface area contributed by atoms with Crippen LogP contribution in [0.3, 0.4) is 0 Å². The molecule has 0 aromatic carbocycles. The van der Waals surface area contributed by atoms with E-state index >= 15 is 0 Å². The van der Waals surface area contributed by atoms with Crippen LogP contribution in [0, 0.1) is 0 Å². The molecule has 2 aliphatic carbocycles. The summed E-state index contributed by atoms with van der Waals surface area (Å²) in [6, 6.07) is 0.456. The van der Waals surface area contributed by atoms with E-state index in [-0.39, 0.29) is 46.4 Å². The van der Waals surface area contributed by atoms with Gasteiger partial charge in [0.2, 0.25) is 17.2 Å². The van der Waals surface area contributed by atoms with Crippen molar-refractivity contribution in [2.24, 2.45) is 0 Å². The number of hydrogen-bond acceptors (Lipinski definition) is 9. The molecular weight excluding hydrogens is 646 g/mol. The summed E-state index contributed by atoms with van der Waals surface area (Å²) < 4.78 is 0. The summed E-state index contributed by atoms with van der Waals surface area (Å²) in [5, 5.41) is 5.32. The second-order valence-corrected chi connectivity index (χ2v) is 18.9. The lowest BCUT2D eigenvalue weighted by molar-refractivity contribution is -0.345. The number of anilines is 2. The van der Waals surface area contributed by atoms with Crippen molar-refractivity contribution in [3.8, 4) is 0 Å². The lowest BCUT2D eigenvalue weighted by Gasteiger charge is -2.63. The molecule has 1 aromatic heterocycles. The summed E-state index contributed by atoms with van der Waals surface area (Å²) in [5.41, 5.74) is -0.929. The Morgan fingerprint density at radius 3 is 1.38 bits per heavy atom. The van der Waals surface area contributed by atoms with Gasteiger partial charge in [-0.15, -0.1) is 0 Å². The SMILES string of the molecule is CCCCN1c2nc(Cl)nc(n2)N(CCCC)C2CC(C)(C)N(OC3CCCCC3)C(C)(C2)CC2(C)CC1CC(C)(C)N2OC1CCCCC1. The highest BCUT2D eigenvalue weighted by Crippen LogP contribution is 2.52. The maximum atomic E-state index is 7.32. The van der Waals surface area contributed by atoms with E-state index in [0.717, 1.165) is 108 Å². The maximum absolute atomic E-state index is 7.32. The Morgan fingerprint density at radius 1 is 0.600 bits per heavy atom. The molecule has 0 radical (unpaired) electrons. The lowest BCUT2D eigenvalue weighted by Crippen LogP contribution is -2.72. The van der Waals surface area contributed by atoms with Crippen LogP contribution in [0.4, 0.5) is 11.9 Å². The molecule has 0 N–H and O–H groups in total. The third-order valence-electron chi connectivity index (χ3n) is 12.8. The Morgan fingerprint density at radius 2 is 1.00 bits per heavy atom. The molecule has 9 nitrogen and oxygen atoms in total. The first-order chi connectivity index (χ1) is 23.8. The molecule has 284 valence electrons. The van der Waals surface area contributed by atoms with Crippen LogP contribution in [-0.2, 0) is 9.68 Å². The third-order valence-corrected chi connectivity index (χ3v) is 12.9. The topological polar surface area (TPSA) is 70.1 Å². The molecule has 4 atom stereocenters. The van der Waals surface area contributed by atoms with Gasteiger partial charge in [0.05, 0.1) is 12.2 Å². The zero-order valence-corrected chi connectivity index (χ0v) is 33.7. The third kappa shape index (κ3) is 8.27. The van der Waals surface area contributed by atoms with Crippen molar-refractivity contribution in [2.75, 3.05) is 22.9 Å². The highest BCUT2D eigenvalue weighted by Gasteiger charge is 2.59. The van der Waals surface area contributed by atoms with E-state index < -0.39 is 0 Å². The Labute approximate surface area is 309 Å². The molecule has 4 unspecified atom stereocenters. The van der Waals surface area contributed by atoms with Crippen molar-refractivity contribution in [3.63, 3.8) is 0 Å². The normalized spacial score (nSPS) is 32.8. The molecule has 0 amide bonds. The van der Waals surface area contributed by atoms with Crippen molar-refractivity contribution < 1.29 is 9.68 Å². The van der Waals surface area contributed by atoms with Crippen molar-refractivity contribution in [1.29, 1.82) is 0 Å². The van der Waals surface area contributed by atoms with Gasteiger partial charge in [-0.05, 0) is 124 Å². The minimum atomic E-state index is -0.262. The van der Waals surface area contributed by atoms with Gasteiger partial charge in [-0.1, -0.05) is 65.2 Å². The van der Waals surface area contributed by atoms with E-state index in [0.29, 0.717) is 5.28 Å². The number of hydroxylamine groups is 4. The molecule has 6 bridgehead atoms. The fraction of sp³-hybridized carbons (Fsp3) is 0.925. The largest absolute Gasteiger partial charge is 0.338 e. The van der Waals surface area contributed by atoms with E-state index in [1.165, 1.54) is 38.5 Å². The van der Waals surface area contributed by atoms with Gasteiger partial charge in [-0.3, -0.25) is 9.68 Å². The Balaban J connectivity index is 1.51. The highest BCUT2D eigenvalue weighted by molar-refractivity contribution is 6.28. The van der Waals surface area contributed by atoms with Gasteiger partial charge in [0.15, 0.2) is 0 Å². The molecule has 3 aliphatic heterocycles. The van der Waals surface area contributed by atoms with Crippen LogP contribution in [-0.4, -0.2) is 84.6 Å². The van der Waals surface area contributed by atoms with Crippen LogP contribution in [0.25, 0.3) is 0 Å². The Bertz CT molecular complexity index is 1180. The fourth-order valence-corrected chi connectivity index (χ4v) is 11.1. The summed E-state index contributed by atoms with van der Waals surface area (Å²) in [6.45, 7) is 21.0. The monoisotopic (exact) mass is 716 g/mol. The molecule has 5 aliphatic rings. The molecule has 10 heteroatoms. The van der Waals surface area contributed by atoms with Gasteiger partial charge in [-0.2, -0.15) is 25.1 Å². The summed E-state index contributed by atoms with van der Waals surface area (Å²) >= 11 is 6.88. The lowest BCUT2D eigenvalue weighted by atomic mass is 9.67. The average Bonchev–Trinajstić information content (AvgIpc) is 3.05. The smallest absolute Gasteiger partial charge is 0.231 e. The number of fused-ring (bicyclic) bond motifs is 6. The van der Waals surface area contributed by atoms with E-state index in [1.807, 2.05) is 0 Å². The van der Waals surface area contributed by atoms with Gasteiger partial charge in [0.1, 0.15) is 0 Å². The molecule has 4 fully saturated rings. The maximum Gasteiger partial charge on any atom is 0.231 e. The fourth-order valence-electron chi connectivity index (χ4n) is 11.0. The number of halogens is 1. The minimum Gasteiger partial charge on any atom is -0.338 e. The number of piperidine rings is 2. The Kier molecular flexibility index (Phi) is 12.0. The van der Waals surface area contributed by atoms with Gasteiger partial charge < -0.3 is 9.80 Å². The standard InChI is InChI=1S/C40H70ClN7O2/c1-9-11-23-45-30-25-37(3,4)47(49-32-19-15-13-16-20-32)39(7,27-30)29-40(8)28-31(26-38(5,6)48(40)50-33-21-17-14-18-22-33)46(24-12-10-2)36-43-34(41)42-35(45)44-36/h30-33H,9-29H2,1-8H3. The number of unbranched alkanes of at least 4 members (excludes halogenated alkanes) is 2. The molecular formula is C40H70ClN7O2. The predicted octanol–water partition coefficient (Wildman–Crippen LogP) is 9.67. The zero-order chi connectivity index (χ0) is 35.7. The van der Waals surface area contributed by atoms with Gasteiger partial charge in [0.25, 0.3) is 0 Å². The molecule has 50 heavy (non-hydrogen) atoms. The molecule has 1 aromatic rings. The number of nitrogens with zero attached hydrogens (tertiary/aromatic N) is 7. The molecule has 6 rings (SSSR count). The molecule has 2 saturated carbocycles. The predicted molar refractivity (Wildman–Crippen MR) is 205 cm³/mol. The first-order valence-electron chi connectivity index (χ1n) is 20.7. The zero-order valence-electron chi connectivity index (χ0n) is 33.0. The first kappa shape index (κ1) is 38.5. The van der Waals surface area contributed by atoms with E-state index in [9.17, 15) is 0 Å². The number of aromatic nitrogens is 3. The quantitative estimate of drug-likeness (QED) is 0.236. The van der Waals surface area contributed by atoms with Crippen molar-refractivity contribution >= 4 is 23.5 Å². The minimum absolute atomic E-state index is 0.203. The molecule has 0 spiro atoms. The number of rotatable bonds is 10. The Hall–Kier alpha value is -1.26.